The van der Waals surface area contributed by atoms with Crippen LogP contribution in [0.2, 0.25) is 0 Å². The third-order valence-electron chi connectivity index (χ3n) is 3.71. The number of amides is 1. The van der Waals surface area contributed by atoms with Gasteiger partial charge in [-0.05, 0) is 31.2 Å². The molecular weight excluding hydrogens is 354 g/mol. The predicted octanol–water partition coefficient (Wildman–Crippen LogP) is 3.31. The van der Waals surface area contributed by atoms with Crippen LogP contribution in [0.15, 0.2) is 53.0 Å². The topological polar surface area (TPSA) is 72.2 Å². The van der Waals surface area contributed by atoms with Gasteiger partial charge in [0.15, 0.2) is 15.8 Å². The Morgan fingerprint density at radius 3 is 2.96 bits per heavy atom. The zero-order chi connectivity index (χ0) is 17.2. The van der Waals surface area contributed by atoms with Crippen molar-refractivity contribution in [3.63, 3.8) is 0 Å². The van der Waals surface area contributed by atoms with Crippen molar-refractivity contribution in [2.45, 2.75) is 17.3 Å². The number of thiazole rings is 1. The summed E-state index contributed by atoms with van der Waals surface area (Å²) in [5, 5.41) is 11.3. The molecule has 126 valence electrons. The van der Waals surface area contributed by atoms with Crippen molar-refractivity contribution in [1.82, 2.24) is 24.9 Å². The molecule has 0 fully saturated rings. The van der Waals surface area contributed by atoms with E-state index in [0.717, 1.165) is 20.2 Å². The van der Waals surface area contributed by atoms with Crippen LogP contribution in [0.1, 0.15) is 18.8 Å². The number of thioether (sulfide) groups is 1. The Labute approximate surface area is 152 Å². The number of nitrogens with one attached hydrogen (secondary N) is 1. The zero-order valence-corrected chi connectivity index (χ0v) is 15.0. The molecule has 0 radical (unpaired) electrons. The molecule has 0 saturated heterocycles. The van der Waals surface area contributed by atoms with E-state index in [-0.39, 0.29) is 11.9 Å². The molecule has 3 aromatic heterocycles. The van der Waals surface area contributed by atoms with E-state index in [2.05, 4.69) is 20.5 Å². The lowest BCUT2D eigenvalue weighted by molar-refractivity contribution is -0.119. The Kier molecular flexibility index (Phi) is 4.37. The average molecular weight is 369 g/mol. The van der Waals surface area contributed by atoms with Crippen LogP contribution in [-0.2, 0) is 4.79 Å². The molecule has 1 atom stereocenters. The molecule has 0 aliphatic heterocycles. The summed E-state index contributed by atoms with van der Waals surface area (Å²) in [6, 6.07) is 13.5. The van der Waals surface area contributed by atoms with E-state index in [0.29, 0.717) is 11.6 Å². The Bertz CT molecular complexity index is 1010. The second-order valence-electron chi connectivity index (χ2n) is 5.51. The van der Waals surface area contributed by atoms with E-state index in [9.17, 15) is 4.79 Å². The highest BCUT2D eigenvalue weighted by molar-refractivity contribution is 8.01. The zero-order valence-electron chi connectivity index (χ0n) is 13.4. The fraction of sp³-hybridized carbons (Fsp3) is 0.176. The molecule has 4 aromatic rings. The number of benzene rings is 1. The molecule has 1 N–H and O–H groups in total. The number of hydrogen-bond donors (Lipinski definition) is 1. The minimum absolute atomic E-state index is 0.0514. The number of para-hydroxylation sites is 1. The van der Waals surface area contributed by atoms with E-state index in [1.54, 1.807) is 11.3 Å². The highest BCUT2D eigenvalue weighted by Gasteiger charge is 2.16. The largest absolute Gasteiger partial charge is 0.346 e. The molecule has 1 aromatic carbocycles. The van der Waals surface area contributed by atoms with Crippen molar-refractivity contribution in [3.8, 4) is 0 Å². The van der Waals surface area contributed by atoms with Gasteiger partial charge >= 0.3 is 0 Å². The van der Waals surface area contributed by atoms with Crippen LogP contribution in [0.4, 0.5) is 0 Å². The number of carbonyl (C=O) groups is 1. The second-order valence-corrected chi connectivity index (χ2v) is 7.77. The smallest absolute Gasteiger partial charge is 0.231 e. The van der Waals surface area contributed by atoms with Crippen LogP contribution >= 0.6 is 23.1 Å². The molecule has 0 saturated carbocycles. The normalized spacial score (nSPS) is 12.5. The molecular formula is C17H15N5OS2. The van der Waals surface area contributed by atoms with Gasteiger partial charge in [0.05, 0.1) is 22.0 Å². The van der Waals surface area contributed by atoms with Gasteiger partial charge in [0.1, 0.15) is 0 Å². The van der Waals surface area contributed by atoms with Crippen molar-refractivity contribution in [2.24, 2.45) is 0 Å². The Morgan fingerprint density at radius 1 is 1.24 bits per heavy atom. The lowest BCUT2D eigenvalue weighted by Gasteiger charge is -2.11. The first-order chi connectivity index (χ1) is 12.2. The van der Waals surface area contributed by atoms with Crippen molar-refractivity contribution in [1.29, 1.82) is 0 Å². The standard InChI is InChI=1S/C17H15N5OS2/c1-11(16-21-20-14-8-4-5-9-22(14)16)18-15(23)10-24-17-19-12-6-2-3-7-13(12)25-17/h2-9,11H,10H2,1H3,(H,18,23). The molecule has 8 heteroatoms. The second kappa shape index (κ2) is 6.81. The van der Waals surface area contributed by atoms with Crippen LogP contribution in [0.25, 0.3) is 15.9 Å². The maximum absolute atomic E-state index is 12.3. The molecule has 0 bridgehead atoms. The first-order valence-corrected chi connectivity index (χ1v) is 9.58. The van der Waals surface area contributed by atoms with Gasteiger partial charge in [-0.1, -0.05) is 30.0 Å². The monoisotopic (exact) mass is 369 g/mol. The summed E-state index contributed by atoms with van der Waals surface area (Å²) in [6.07, 6.45) is 1.89. The number of aromatic nitrogens is 4. The minimum atomic E-state index is -0.221. The summed E-state index contributed by atoms with van der Waals surface area (Å²) in [5.41, 5.74) is 1.74. The summed E-state index contributed by atoms with van der Waals surface area (Å²) in [7, 11) is 0. The minimum Gasteiger partial charge on any atom is -0.346 e. The van der Waals surface area contributed by atoms with Crippen LogP contribution in [0.3, 0.4) is 0 Å². The Balaban J connectivity index is 1.39. The Morgan fingerprint density at radius 2 is 2.08 bits per heavy atom. The quantitative estimate of drug-likeness (QED) is 0.547. The van der Waals surface area contributed by atoms with E-state index in [4.69, 9.17) is 0 Å². The molecule has 6 nitrogen and oxygen atoms in total. The number of fused-ring (bicyclic) bond motifs is 2. The van der Waals surface area contributed by atoms with Gasteiger partial charge in [0, 0.05) is 6.20 Å². The third kappa shape index (κ3) is 3.35. The van der Waals surface area contributed by atoms with Gasteiger partial charge in [-0.15, -0.1) is 21.5 Å². The van der Waals surface area contributed by atoms with E-state index in [1.165, 1.54) is 11.8 Å². The highest BCUT2D eigenvalue weighted by atomic mass is 32.2. The molecule has 0 aliphatic carbocycles. The van der Waals surface area contributed by atoms with Crippen molar-refractivity contribution in [2.75, 3.05) is 5.75 Å². The molecule has 0 aliphatic rings. The van der Waals surface area contributed by atoms with E-state index >= 15 is 0 Å². The summed E-state index contributed by atoms with van der Waals surface area (Å²) in [6.45, 7) is 1.91. The molecule has 4 rings (SSSR count). The fourth-order valence-corrected chi connectivity index (χ4v) is 4.42. The first kappa shape index (κ1) is 16.0. The fourth-order valence-electron chi connectivity index (χ4n) is 2.54. The summed E-state index contributed by atoms with van der Waals surface area (Å²) < 4.78 is 3.91. The van der Waals surface area contributed by atoms with Crippen LogP contribution in [-0.4, -0.2) is 31.2 Å². The van der Waals surface area contributed by atoms with Gasteiger partial charge in [0.2, 0.25) is 5.91 Å². The predicted molar refractivity (Wildman–Crippen MR) is 99.9 cm³/mol. The molecule has 25 heavy (non-hydrogen) atoms. The van der Waals surface area contributed by atoms with E-state index < -0.39 is 0 Å². The lowest BCUT2D eigenvalue weighted by Crippen LogP contribution is -2.29. The summed E-state index contributed by atoms with van der Waals surface area (Å²) in [4.78, 5) is 16.8. The number of hydrogen-bond acceptors (Lipinski definition) is 6. The van der Waals surface area contributed by atoms with Crippen LogP contribution in [0.5, 0.6) is 0 Å². The maximum atomic E-state index is 12.3. The number of nitrogens with zero attached hydrogens (tertiary/aromatic N) is 4. The van der Waals surface area contributed by atoms with Crippen molar-refractivity contribution >= 4 is 44.9 Å². The van der Waals surface area contributed by atoms with Gasteiger partial charge in [-0.2, -0.15) is 0 Å². The number of rotatable bonds is 5. The summed E-state index contributed by atoms with van der Waals surface area (Å²) >= 11 is 3.05. The number of carbonyl (C=O) groups excluding carboxylic acids is 1. The molecule has 1 unspecified atom stereocenters. The summed E-state index contributed by atoms with van der Waals surface area (Å²) in [5.74, 6) is 0.985. The Hall–Kier alpha value is -2.45. The van der Waals surface area contributed by atoms with E-state index in [1.807, 2.05) is 60.0 Å². The SMILES string of the molecule is CC(NC(=O)CSc1nc2ccccc2s1)c1nnc2ccccn12. The number of pyridine rings is 1. The van der Waals surface area contributed by atoms with Gasteiger partial charge < -0.3 is 5.32 Å². The maximum Gasteiger partial charge on any atom is 0.231 e. The third-order valence-corrected chi connectivity index (χ3v) is 5.89. The van der Waals surface area contributed by atoms with Gasteiger partial charge in [-0.25, -0.2) is 4.98 Å². The van der Waals surface area contributed by atoms with Crippen molar-refractivity contribution in [3.05, 3.63) is 54.5 Å². The van der Waals surface area contributed by atoms with Gasteiger partial charge in [-0.3, -0.25) is 9.20 Å². The van der Waals surface area contributed by atoms with Crippen LogP contribution < -0.4 is 5.32 Å². The molecule has 0 spiro atoms. The lowest BCUT2D eigenvalue weighted by atomic mass is 10.3. The first-order valence-electron chi connectivity index (χ1n) is 7.78. The molecule has 1 amide bonds. The van der Waals surface area contributed by atoms with Crippen LogP contribution in [0, 0.1) is 0 Å². The molecule has 3 heterocycles. The van der Waals surface area contributed by atoms with Gasteiger partial charge in [0.25, 0.3) is 0 Å². The average Bonchev–Trinajstić information content (AvgIpc) is 3.23. The highest BCUT2D eigenvalue weighted by Crippen LogP contribution is 2.29. The van der Waals surface area contributed by atoms with Crippen molar-refractivity contribution < 1.29 is 4.79 Å².